The van der Waals surface area contributed by atoms with Crippen molar-refractivity contribution < 1.29 is 13.2 Å². The lowest BCUT2D eigenvalue weighted by molar-refractivity contribution is -0.116. The predicted molar refractivity (Wildman–Crippen MR) is 139 cm³/mol. The number of sulfonamides is 1. The number of fused-ring (bicyclic) bond motifs is 2. The topological polar surface area (TPSA) is 75.3 Å². The van der Waals surface area contributed by atoms with Crippen LogP contribution in [0.2, 0.25) is 0 Å². The quantitative estimate of drug-likeness (QED) is 0.436. The van der Waals surface area contributed by atoms with E-state index in [-0.39, 0.29) is 16.8 Å². The molecule has 2 bridgehead atoms. The molecule has 2 aliphatic carbocycles. The van der Waals surface area contributed by atoms with Gasteiger partial charge in [0.15, 0.2) is 0 Å². The van der Waals surface area contributed by atoms with E-state index >= 15 is 0 Å². The van der Waals surface area contributed by atoms with Crippen molar-refractivity contribution in [2.24, 2.45) is 17.8 Å². The Labute approximate surface area is 208 Å². The maximum Gasteiger partial charge on any atom is 0.240 e. The molecule has 2 fully saturated rings. The minimum atomic E-state index is -3.62. The molecule has 182 valence electrons. The Morgan fingerprint density at radius 3 is 1.94 bits per heavy atom. The molecule has 0 heterocycles. The molecule has 35 heavy (non-hydrogen) atoms. The first kappa shape index (κ1) is 23.8. The largest absolute Gasteiger partial charge is 0.325 e. The van der Waals surface area contributed by atoms with E-state index in [4.69, 9.17) is 0 Å². The molecular formula is C29H32N2O3S. The summed E-state index contributed by atoms with van der Waals surface area (Å²) < 4.78 is 28.9. The van der Waals surface area contributed by atoms with Crippen LogP contribution in [0.25, 0.3) is 0 Å². The van der Waals surface area contributed by atoms with Crippen molar-refractivity contribution in [3.8, 4) is 0 Å². The van der Waals surface area contributed by atoms with Gasteiger partial charge in [-0.15, -0.1) is 0 Å². The summed E-state index contributed by atoms with van der Waals surface area (Å²) in [5.74, 6) is 1.22. The number of nitrogens with one attached hydrogen (secondary N) is 2. The van der Waals surface area contributed by atoms with Gasteiger partial charge in [-0.1, -0.05) is 67.1 Å². The molecule has 1 amide bonds. The van der Waals surface area contributed by atoms with Crippen molar-refractivity contribution in [1.82, 2.24) is 4.72 Å². The van der Waals surface area contributed by atoms with Crippen LogP contribution in [0, 0.1) is 17.8 Å². The number of carbonyl (C=O) groups excluding carboxylic acids is 1. The monoisotopic (exact) mass is 488 g/mol. The van der Waals surface area contributed by atoms with E-state index in [1.54, 1.807) is 24.3 Å². The van der Waals surface area contributed by atoms with E-state index in [0.29, 0.717) is 17.5 Å². The normalized spacial score (nSPS) is 22.3. The van der Waals surface area contributed by atoms with Crippen LogP contribution in [0.1, 0.15) is 49.7 Å². The van der Waals surface area contributed by atoms with Crippen LogP contribution >= 0.6 is 0 Å². The SMILES string of the molecule is C[C@H](NS(=O)(=O)c1ccc(NC(=O)C(c2ccccc2)c2ccccc2)cc1)[C@@H]1C[C@@H]2CC[C@@H]1C2. The third kappa shape index (κ3) is 5.19. The second-order valence-corrected chi connectivity index (χ2v) is 11.7. The lowest BCUT2D eigenvalue weighted by Crippen LogP contribution is -2.40. The lowest BCUT2D eigenvalue weighted by atomic mass is 9.84. The smallest absolute Gasteiger partial charge is 0.240 e. The highest BCUT2D eigenvalue weighted by Gasteiger charge is 2.42. The van der Waals surface area contributed by atoms with E-state index in [2.05, 4.69) is 10.0 Å². The number of carbonyl (C=O) groups is 1. The van der Waals surface area contributed by atoms with E-state index in [0.717, 1.165) is 23.5 Å². The Bertz CT molecular complexity index is 1220. The van der Waals surface area contributed by atoms with Gasteiger partial charge in [0.1, 0.15) is 0 Å². The van der Waals surface area contributed by atoms with Crippen LogP contribution in [0.15, 0.2) is 89.8 Å². The minimum absolute atomic E-state index is 0.0767. The Balaban J connectivity index is 1.28. The van der Waals surface area contributed by atoms with E-state index < -0.39 is 15.9 Å². The Kier molecular flexibility index (Phi) is 6.76. The van der Waals surface area contributed by atoms with Crippen molar-refractivity contribution in [1.29, 1.82) is 0 Å². The zero-order chi connectivity index (χ0) is 24.4. The van der Waals surface area contributed by atoms with Gasteiger partial charge in [-0.05, 0) is 79.3 Å². The molecule has 6 heteroatoms. The molecule has 3 aromatic rings. The Hall–Kier alpha value is -2.96. The summed E-state index contributed by atoms with van der Waals surface area (Å²) in [5.41, 5.74) is 2.36. The highest BCUT2D eigenvalue weighted by molar-refractivity contribution is 7.89. The molecule has 0 radical (unpaired) electrons. The second-order valence-electron chi connectivity index (χ2n) is 10.0. The third-order valence-corrected chi connectivity index (χ3v) is 9.31. The van der Waals surface area contributed by atoms with Crippen LogP contribution in [-0.4, -0.2) is 20.4 Å². The van der Waals surface area contributed by atoms with Crippen molar-refractivity contribution in [3.63, 3.8) is 0 Å². The Morgan fingerprint density at radius 2 is 1.43 bits per heavy atom. The molecule has 2 aliphatic rings. The number of hydrogen-bond donors (Lipinski definition) is 2. The summed E-state index contributed by atoms with van der Waals surface area (Å²) >= 11 is 0. The van der Waals surface area contributed by atoms with Crippen molar-refractivity contribution in [2.45, 2.75) is 49.5 Å². The highest BCUT2D eigenvalue weighted by atomic mass is 32.2. The first-order chi connectivity index (χ1) is 16.9. The second kappa shape index (κ2) is 9.96. The molecule has 2 N–H and O–H groups in total. The number of hydrogen-bond acceptors (Lipinski definition) is 3. The molecule has 4 atom stereocenters. The first-order valence-electron chi connectivity index (χ1n) is 12.4. The van der Waals surface area contributed by atoms with Gasteiger partial charge in [0.2, 0.25) is 15.9 Å². The summed E-state index contributed by atoms with van der Waals surface area (Å²) in [6, 6.07) is 25.6. The van der Waals surface area contributed by atoms with Gasteiger partial charge in [-0.3, -0.25) is 4.79 Å². The van der Waals surface area contributed by atoms with Crippen LogP contribution in [0.5, 0.6) is 0 Å². The van der Waals surface area contributed by atoms with E-state index in [1.165, 1.54) is 19.3 Å². The number of amides is 1. The van der Waals surface area contributed by atoms with Gasteiger partial charge >= 0.3 is 0 Å². The molecule has 0 saturated heterocycles. The highest BCUT2D eigenvalue weighted by Crippen LogP contribution is 2.49. The predicted octanol–water partition coefficient (Wildman–Crippen LogP) is 5.56. The van der Waals surface area contributed by atoms with Crippen LogP contribution in [-0.2, 0) is 14.8 Å². The van der Waals surface area contributed by atoms with Crippen molar-refractivity contribution >= 4 is 21.6 Å². The molecule has 0 spiro atoms. The molecule has 0 aliphatic heterocycles. The van der Waals surface area contributed by atoms with Gasteiger partial charge < -0.3 is 5.32 Å². The Morgan fingerprint density at radius 1 is 0.829 bits per heavy atom. The lowest BCUT2D eigenvalue weighted by Gasteiger charge is -2.28. The van der Waals surface area contributed by atoms with Crippen LogP contribution in [0.4, 0.5) is 5.69 Å². The standard InChI is InChI=1S/C29H32N2O3S/c1-20(27-19-21-12-13-24(27)18-21)31-35(33,34)26-16-14-25(15-17-26)30-29(32)28(22-8-4-2-5-9-22)23-10-6-3-7-11-23/h2-11,14-17,20-21,24,27-28,31H,12-13,18-19H2,1H3,(H,30,32)/t20-,21+,24+,27-/m0/s1. The van der Waals surface area contributed by atoms with Crippen LogP contribution < -0.4 is 10.0 Å². The van der Waals surface area contributed by atoms with E-state index in [1.807, 2.05) is 67.6 Å². The average Bonchev–Trinajstić information content (AvgIpc) is 3.50. The molecule has 0 aromatic heterocycles. The zero-order valence-corrected chi connectivity index (χ0v) is 20.7. The van der Waals surface area contributed by atoms with E-state index in [9.17, 15) is 13.2 Å². The minimum Gasteiger partial charge on any atom is -0.325 e. The molecular weight excluding hydrogens is 456 g/mol. The first-order valence-corrected chi connectivity index (χ1v) is 13.9. The maximum absolute atomic E-state index is 13.3. The third-order valence-electron chi connectivity index (χ3n) is 7.74. The molecule has 5 nitrogen and oxygen atoms in total. The van der Waals surface area contributed by atoms with Gasteiger partial charge in [-0.2, -0.15) is 0 Å². The molecule has 2 saturated carbocycles. The summed E-state index contributed by atoms with van der Waals surface area (Å²) in [6.07, 6.45) is 4.90. The fourth-order valence-corrected chi connectivity index (χ4v) is 7.32. The fourth-order valence-electron chi connectivity index (χ4n) is 6.02. The fraction of sp³-hybridized carbons (Fsp3) is 0.345. The zero-order valence-electron chi connectivity index (χ0n) is 19.9. The van der Waals surface area contributed by atoms with Crippen LogP contribution in [0.3, 0.4) is 0 Å². The summed E-state index contributed by atoms with van der Waals surface area (Å²) in [5, 5.41) is 2.97. The number of rotatable bonds is 8. The van der Waals surface area contributed by atoms with Crippen molar-refractivity contribution in [2.75, 3.05) is 5.32 Å². The maximum atomic E-state index is 13.3. The molecule has 5 rings (SSSR count). The summed E-state index contributed by atoms with van der Waals surface area (Å²) in [6.45, 7) is 1.99. The van der Waals surface area contributed by atoms with Gasteiger partial charge in [-0.25, -0.2) is 13.1 Å². The van der Waals surface area contributed by atoms with Gasteiger partial charge in [0.05, 0.1) is 10.8 Å². The van der Waals surface area contributed by atoms with Crippen molar-refractivity contribution in [3.05, 3.63) is 96.1 Å². The average molecular weight is 489 g/mol. The molecule has 0 unspecified atom stereocenters. The number of anilines is 1. The summed E-state index contributed by atoms with van der Waals surface area (Å²) in [4.78, 5) is 13.5. The van der Waals surface area contributed by atoms with Gasteiger partial charge in [0.25, 0.3) is 0 Å². The number of benzene rings is 3. The molecule has 3 aromatic carbocycles. The summed E-state index contributed by atoms with van der Waals surface area (Å²) in [7, 11) is -3.62. The van der Waals surface area contributed by atoms with Gasteiger partial charge in [0, 0.05) is 11.7 Å².